The lowest BCUT2D eigenvalue weighted by Gasteiger charge is -2.48. The predicted molar refractivity (Wildman–Crippen MR) is 163 cm³/mol. The summed E-state index contributed by atoms with van der Waals surface area (Å²) in [6.45, 7) is 8.96. The van der Waals surface area contributed by atoms with Crippen molar-refractivity contribution in [2.45, 2.75) is 80.2 Å². The van der Waals surface area contributed by atoms with Gasteiger partial charge in [0.2, 0.25) is 15.9 Å². The Morgan fingerprint density at radius 3 is 2.11 bits per heavy atom. The summed E-state index contributed by atoms with van der Waals surface area (Å²) < 4.78 is 18.3. The van der Waals surface area contributed by atoms with E-state index in [2.05, 4.69) is 15.4 Å². The molecule has 4 atom stereocenters. The maximum atomic E-state index is 13.5. The summed E-state index contributed by atoms with van der Waals surface area (Å²) in [5, 5.41) is 14.8. The number of β-lactam (4-membered cyclic amide) rings is 1. The Balaban J connectivity index is 2.20. The van der Waals surface area contributed by atoms with Crippen LogP contribution in [0.25, 0.3) is 0 Å². The Hall–Kier alpha value is -2.65. The summed E-state index contributed by atoms with van der Waals surface area (Å²) in [6.07, 6.45) is -3.98. The smallest absolute Gasteiger partial charge is 0.457 e. The van der Waals surface area contributed by atoms with Gasteiger partial charge in [-0.15, -0.1) is 11.8 Å². The molecule has 3 amide bonds. The summed E-state index contributed by atoms with van der Waals surface area (Å²) in [7, 11) is 0. The van der Waals surface area contributed by atoms with Gasteiger partial charge in [-0.05, 0) is 47.1 Å². The van der Waals surface area contributed by atoms with Crippen molar-refractivity contribution in [2.24, 2.45) is 0 Å². The number of thioether (sulfide) groups is 1. The number of aliphatic hydroxyl groups excluding tert-OH is 1. The van der Waals surface area contributed by atoms with Crippen molar-refractivity contribution in [3.05, 3.63) is 35.9 Å². The van der Waals surface area contributed by atoms with E-state index in [1.807, 2.05) is 0 Å². The molecule has 0 aliphatic carbocycles. The van der Waals surface area contributed by atoms with Crippen LogP contribution in [0.1, 0.15) is 53.1 Å². The number of aliphatic hydroxyl groups is 1. The van der Waals surface area contributed by atoms with Gasteiger partial charge in [0.1, 0.15) is 41.9 Å². The van der Waals surface area contributed by atoms with E-state index >= 15 is 0 Å². The molecular weight excluding hydrogens is 665 g/mol. The highest BCUT2D eigenvalue weighted by Crippen LogP contribution is 2.33. The third-order valence-electron chi connectivity index (χ3n) is 5.26. The zero-order valence-electron chi connectivity index (χ0n) is 24.9. The predicted octanol–water partition coefficient (Wildman–Crippen LogP) is 3.82. The molecule has 1 heterocycles. The van der Waals surface area contributed by atoms with Gasteiger partial charge in [-0.2, -0.15) is 0 Å². The Bertz CT molecular complexity index is 1190. The van der Waals surface area contributed by atoms with Gasteiger partial charge in [0, 0.05) is 5.75 Å². The maximum absolute atomic E-state index is 13.5. The van der Waals surface area contributed by atoms with Crippen molar-refractivity contribution in [1.82, 2.24) is 15.5 Å². The normalized spacial score (nSPS) is 18.3. The SMILES string of the molecule is CC(C)(C)OC(=O)N[C@H](C(=O)N[C@@H]1C(=O)N(C(O)C(=O)OC(C)(C)C)[C@@H]1SCCOC(=O)OCC(Cl)(Cl)Cl)c1ccccc1. The van der Waals surface area contributed by atoms with E-state index in [-0.39, 0.29) is 12.4 Å². The molecule has 0 spiro atoms. The number of carbonyl (C=O) groups excluding carboxylic acids is 5. The number of hydrogen-bond acceptors (Lipinski definition) is 11. The van der Waals surface area contributed by atoms with Crippen molar-refractivity contribution >= 4 is 76.6 Å². The number of nitrogens with zero attached hydrogens (tertiary/aromatic N) is 1. The van der Waals surface area contributed by atoms with E-state index < -0.39 is 75.3 Å². The molecule has 44 heavy (non-hydrogen) atoms. The summed E-state index contributed by atoms with van der Waals surface area (Å²) in [4.78, 5) is 64.4. The molecule has 1 aliphatic heterocycles. The molecule has 17 heteroatoms. The van der Waals surface area contributed by atoms with E-state index in [0.717, 1.165) is 16.7 Å². The van der Waals surface area contributed by atoms with E-state index in [4.69, 9.17) is 49.0 Å². The Morgan fingerprint density at radius 1 is 0.977 bits per heavy atom. The average Bonchev–Trinajstić information content (AvgIpc) is 2.88. The molecule has 0 bridgehead atoms. The first-order chi connectivity index (χ1) is 20.2. The van der Waals surface area contributed by atoms with Crippen LogP contribution in [0.4, 0.5) is 9.59 Å². The third kappa shape index (κ3) is 12.4. The van der Waals surface area contributed by atoms with Crippen molar-refractivity contribution in [3.8, 4) is 0 Å². The van der Waals surface area contributed by atoms with Crippen LogP contribution in [0, 0.1) is 0 Å². The van der Waals surface area contributed by atoms with Crippen LogP contribution in [0.15, 0.2) is 30.3 Å². The number of carbonyl (C=O) groups is 5. The van der Waals surface area contributed by atoms with Crippen LogP contribution in [0.2, 0.25) is 0 Å². The molecule has 2 rings (SSSR count). The van der Waals surface area contributed by atoms with Gasteiger partial charge in [-0.3, -0.25) is 14.5 Å². The Labute approximate surface area is 274 Å². The molecule has 1 aromatic carbocycles. The Kier molecular flexibility index (Phi) is 13.3. The largest absolute Gasteiger partial charge is 0.508 e. The molecule has 0 aromatic heterocycles. The fraction of sp³-hybridized carbons (Fsp3) is 0.593. The van der Waals surface area contributed by atoms with Gasteiger partial charge in [-0.1, -0.05) is 65.1 Å². The van der Waals surface area contributed by atoms with Crippen LogP contribution < -0.4 is 10.6 Å². The van der Waals surface area contributed by atoms with E-state index in [9.17, 15) is 29.1 Å². The molecule has 246 valence electrons. The van der Waals surface area contributed by atoms with Gasteiger partial charge in [0.05, 0.1) is 0 Å². The number of nitrogens with one attached hydrogen (secondary N) is 2. The number of hydrogen-bond donors (Lipinski definition) is 3. The second kappa shape index (κ2) is 15.6. The van der Waals surface area contributed by atoms with Gasteiger partial charge in [0.15, 0.2) is 0 Å². The van der Waals surface area contributed by atoms with Crippen LogP contribution in [0.5, 0.6) is 0 Å². The molecule has 13 nitrogen and oxygen atoms in total. The number of ether oxygens (including phenoxy) is 4. The minimum atomic E-state index is -1.99. The minimum absolute atomic E-state index is 0.0307. The maximum Gasteiger partial charge on any atom is 0.508 e. The average molecular weight is 701 g/mol. The van der Waals surface area contributed by atoms with Crippen molar-refractivity contribution in [1.29, 1.82) is 0 Å². The molecule has 1 unspecified atom stereocenters. The topological polar surface area (TPSA) is 170 Å². The fourth-order valence-corrected chi connectivity index (χ4v) is 4.95. The first-order valence-corrected chi connectivity index (χ1v) is 15.4. The summed E-state index contributed by atoms with van der Waals surface area (Å²) in [6, 6.07) is 5.76. The van der Waals surface area contributed by atoms with Crippen molar-refractivity contribution in [3.63, 3.8) is 0 Å². The minimum Gasteiger partial charge on any atom is -0.457 e. The molecule has 1 aromatic rings. The molecule has 3 N–H and O–H groups in total. The number of halogens is 3. The van der Waals surface area contributed by atoms with Crippen LogP contribution in [-0.4, -0.2) is 91.6 Å². The lowest BCUT2D eigenvalue weighted by molar-refractivity contribution is -0.189. The van der Waals surface area contributed by atoms with Crippen molar-refractivity contribution < 1.29 is 48.0 Å². The highest BCUT2D eigenvalue weighted by Gasteiger charge is 2.54. The number of rotatable bonds is 11. The second-order valence-electron chi connectivity index (χ2n) is 11.4. The lowest BCUT2D eigenvalue weighted by Crippen LogP contribution is -2.73. The standard InChI is InChI=1S/C27H36Cl3N3O10S/c1-25(2,3)42-22(37)20(36)33-19(35)17(21(33)44-13-12-40-24(39)41-14-27(28,29)30)31-18(34)16(15-10-8-7-9-11-15)32-23(38)43-26(4,5)6/h7-11,16-17,20-21,36H,12-14H2,1-6H3,(H,31,34)(H,32,38)/t16-,17+,20?,21+/m0/s1. The van der Waals surface area contributed by atoms with Crippen LogP contribution in [-0.2, 0) is 33.3 Å². The fourth-order valence-electron chi connectivity index (χ4n) is 3.61. The van der Waals surface area contributed by atoms with Gasteiger partial charge in [0.25, 0.3) is 5.91 Å². The molecular formula is C27H36Cl3N3O10S. The first-order valence-electron chi connectivity index (χ1n) is 13.2. The number of amides is 3. The van der Waals surface area contributed by atoms with Crippen LogP contribution >= 0.6 is 46.6 Å². The van der Waals surface area contributed by atoms with Crippen molar-refractivity contribution in [2.75, 3.05) is 19.0 Å². The molecule has 1 aliphatic rings. The quantitative estimate of drug-likeness (QED) is 0.101. The molecule has 0 saturated carbocycles. The number of alkyl carbamates (subject to hydrolysis) is 1. The second-order valence-corrected chi connectivity index (χ2v) is 15.1. The summed E-state index contributed by atoms with van der Waals surface area (Å²) in [5.41, 5.74) is -1.40. The highest BCUT2D eigenvalue weighted by molar-refractivity contribution is 8.00. The lowest BCUT2D eigenvalue weighted by atomic mass is 10.0. The number of benzene rings is 1. The molecule has 1 fully saturated rings. The van der Waals surface area contributed by atoms with Gasteiger partial charge >= 0.3 is 18.2 Å². The number of alkyl halides is 3. The monoisotopic (exact) mass is 699 g/mol. The van der Waals surface area contributed by atoms with Crippen LogP contribution in [0.3, 0.4) is 0 Å². The van der Waals surface area contributed by atoms with E-state index in [1.165, 1.54) is 0 Å². The zero-order chi connectivity index (χ0) is 33.5. The van der Waals surface area contributed by atoms with E-state index in [1.54, 1.807) is 71.9 Å². The highest BCUT2D eigenvalue weighted by atomic mass is 35.6. The summed E-state index contributed by atoms with van der Waals surface area (Å²) >= 11 is 17.6. The number of likely N-dealkylation sites (tertiary alicyclic amines) is 1. The summed E-state index contributed by atoms with van der Waals surface area (Å²) in [5.74, 6) is -2.60. The first kappa shape index (κ1) is 37.5. The van der Waals surface area contributed by atoms with E-state index in [0.29, 0.717) is 5.56 Å². The van der Waals surface area contributed by atoms with Gasteiger partial charge in [-0.25, -0.2) is 14.4 Å². The number of esters is 1. The molecule has 0 radical (unpaired) electrons. The third-order valence-corrected chi connectivity index (χ3v) is 6.83. The molecule has 1 saturated heterocycles. The Morgan fingerprint density at radius 2 is 1.57 bits per heavy atom. The zero-order valence-corrected chi connectivity index (χ0v) is 28.0. The van der Waals surface area contributed by atoms with Gasteiger partial charge < -0.3 is 34.7 Å².